The zero-order chi connectivity index (χ0) is 13.1. The smallest absolute Gasteiger partial charge is 0.344 e. The van der Waals surface area contributed by atoms with Crippen molar-refractivity contribution in [3.05, 3.63) is 23.1 Å². The Bertz CT molecular complexity index is 384. The molecule has 1 aromatic heterocycles. The third-order valence-electron chi connectivity index (χ3n) is 1.81. The first kappa shape index (κ1) is 14.3. The van der Waals surface area contributed by atoms with Crippen molar-refractivity contribution < 1.29 is 17.6 Å². The van der Waals surface area contributed by atoms with Gasteiger partial charge in [-0.25, -0.2) is 9.37 Å². The minimum absolute atomic E-state index is 0.0177. The Hall–Kier alpha value is -0.750. The van der Waals surface area contributed by atoms with Crippen molar-refractivity contribution in [3.8, 4) is 0 Å². The van der Waals surface area contributed by atoms with Crippen LogP contribution in [0, 0.1) is 5.82 Å². The topological polar surface area (TPSA) is 16.1 Å². The van der Waals surface area contributed by atoms with E-state index in [4.69, 9.17) is 23.2 Å². The standard InChI is InChI=1S/C9H8Cl2F4N2/c10-1-2-17(5-9(13,14)15)8-7(12)3-6(11)4-16-8/h3-4H,1-2,5H2. The molecule has 0 bridgehead atoms. The molecule has 8 heteroatoms. The van der Waals surface area contributed by atoms with Gasteiger partial charge in [0.1, 0.15) is 6.54 Å². The highest BCUT2D eigenvalue weighted by Crippen LogP contribution is 2.24. The third kappa shape index (κ3) is 4.55. The van der Waals surface area contributed by atoms with Gasteiger partial charge >= 0.3 is 6.18 Å². The molecule has 0 aromatic carbocycles. The van der Waals surface area contributed by atoms with Crippen LogP contribution in [0.4, 0.5) is 23.4 Å². The van der Waals surface area contributed by atoms with Gasteiger partial charge in [-0.15, -0.1) is 11.6 Å². The average molecular weight is 291 g/mol. The summed E-state index contributed by atoms with van der Waals surface area (Å²) in [5, 5.41) is 0.0177. The van der Waals surface area contributed by atoms with E-state index in [2.05, 4.69) is 4.98 Å². The summed E-state index contributed by atoms with van der Waals surface area (Å²) in [5.41, 5.74) is 0. The van der Waals surface area contributed by atoms with Crippen LogP contribution >= 0.6 is 23.2 Å². The normalized spacial score (nSPS) is 11.6. The number of rotatable bonds is 4. The monoisotopic (exact) mass is 290 g/mol. The van der Waals surface area contributed by atoms with E-state index in [0.29, 0.717) is 0 Å². The van der Waals surface area contributed by atoms with E-state index < -0.39 is 24.4 Å². The summed E-state index contributed by atoms with van der Waals surface area (Å²) >= 11 is 10.8. The lowest BCUT2D eigenvalue weighted by molar-refractivity contribution is -0.119. The van der Waals surface area contributed by atoms with Crippen LogP contribution in [0.15, 0.2) is 12.3 Å². The minimum atomic E-state index is -4.46. The molecule has 0 saturated heterocycles. The molecule has 1 heterocycles. The molecule has 0 amide bonds. The number of nitrogens with zero attached hydrogens (tertiary/aromatic N) is 2. The first-order chi connectivity index (χ1) is 7.83. The molecule has 0 spiro atoms. The summed E-state index contributed by atoms with van der Waals surface area (Å²) in [6.45, 7) is -1.47. The molecule has 1 aromatic rings. The molecule has 0 saturated carbocycles. The Morgan fingerprint density at radius 2 is 2.00 bits per heavy atom. The zero-order valence-electron chi connectivity index (χ0n) is 8.44. The zero-order valence-corrected chi connectivity index (χ0v) is 9.95. The molecule has 17 heavy (non-hydrogen) atoms. The van der Waals surface area contributed by atoms with E-state index in [1.807, 2.05) is 0 Å². The molecule has 96 valence electrons. The molecule has 2 nitrogen and oxygen atoms in total. The van der Waals surface area contributed by atoms with Crippen LogP contribution in [0.1, 0.15) is 0 Å². The Labute approximate surface area is 105 Å². The Morgan fingerprint density at radius 1 is 1.35 bits per heavy atom. The van der Waals surface area contributed by atoms with Gasteiger partial charge in [-0.2, -0.15) is 13.2 Å². The third-order valence-corrected chi connectivity index (χ3v) is 2.19. The predicted molar refractivity (Wildman–Crippen MR) is 58.2 cm³/mol. The van der Waals surface area contributed by atoms with Crippen molar-refractivity contribution >= 4 is 29.0 Å². The van der Waals surface area contributed by atoms with Crippen molar-refractivity contribution in [2.45, 2.75) is 6.18 Å². The fourth-order valence-corrected chi connectivity index (χ4v) is 1.57. The second-order valence-corrected chi connectivity index (χ2v) is 4.00. The second kappa shape index (κ2) is 5.73. The number of halogens is 6. The minimum Gasteiger partial charge on any atom is -0.344 e. The predicted octanol–water partition coefficient (Wildman–Crippen LogP) is 3.48. The molecule has 0 aliphatic heterocycles. The van der Waals surface area contributed by atoms with E-state index in [9.17, 15) is 17.6 Å². The first-order valence-electron chi connectivity index (χ1n) is 4.52. The van der Waals surface area contributed by atoms with Crippen molar-refractivity contribution in [1.82, 2.24) is 4.98 Å². The lowest BCUT2D eigenvalue weighted by atomic mass is 10.4. The quantitative estimate of drug-likeness (QED) is 0.623. The summed E-state index contributed by atoms with van der Waals surface area (Å²) in [6.07, 6.45) is -3.38. The fraction of sp³-hybridized carbons (Fsp3) is 0.444. The van der Waals surface area contributed by atoms with Gasteiger partial charge in [0.15, 0.2) is 11.6 Å². The van der Waals surface area contributed by atoms with E-state index >= 15 is 0 Å². The molecule has 1 rings (SSSR count). The maximum atomic E-state index is 13.4. The van der Waals surface area contributed by atoms with E-state index in [-0.39, 0.29) is 17.4 Å². The van der Waals surface area contributed by atoms with Crippen LogP contribution in [-0.4, -0.2) is 30.1 Å². The van der Waals surface area contributed by atoms with Gasteiger partial charge in [-0.3, -0.25) is 0 Å². The van der Waals surface area contributed by atoms with Crippen LogP contribution in [0.2, 0.25) is 5.02 Å². The highest BCUT2D eigenvalue weighted by Gasteiger charge is 2.32. The van der Waals surface area contributed by atoms with Gasteiger partial charge in [0.2, 0.25) is 0 Å². The van der Waals surface area contributed by atoms with Gasteiger partial charge in [0.25, 0.3) is 0 Å². The summed E-state index contributed by atoms with van der Waals surface area (Å²) < 4.78 is 50.2. The summed E-state index contributed by atoms with van der Waals surface area (Å²) in [6, 6.07) is 0.904. The van der Waals surface area contributed by atoms with Crippen molar-refractivity contribution in [3.63, 3.8) is 0 Å². The van der Waals surface area contributed by atoms with Crippen LogP contribution < -0.4 is 4.90 Å². The highest BCUT2D eigenvalue weighted by atomic mass is 35.5. The summed E-state index contributed by atoms with van der Waals surface area (Å²) in [7, 11) is 0. The lowest BCUT2D eigenvalue weighted by Gasteiger charge is -2.24. The molecule has 0 unspecified atom stereocenters. The molecule has 0 aliphatic rings. The van der Waals surface area contributed by atoms with Gasteiger partial charge in [0, 0.05) is 18.6 Å². The Morgan fingerprint density at radius 3 is 2.47 bits per heavy atom. The van der Waals surface area contributed by atoms with Crippen molar-refractivity contribution in [1.29, 1.82) is 0 Å². The van der Waals surface area contributed by atoms with E-state index in [1.54, 1.807) is 0 Å². The molecule has 0 fully saturated rings. The van der Waals surface area contributed by atoms with Crippen molar-refractivity contribution in [2.24, 2.45) is 0 Å². The van der Waals surface area contributed by atoms with Crippen LogP contribution in [0.3, 0.4) is 0 Å². The largest absolute Gasteiger partial charge is 0.405 e. The number of alkyl halides is 4. The Balaban J connectivity index is 2.97. The average Bonchev–Trinajstić information content (AvgIpc) is 2.14. The summed E-state index contributed by atoms with van der Waals surface area (Å²) in [4.78, 5) is 4.26. The SMILES string of the molecule is Fc1cc(Cl)cnc1N(CCCl)CC(F)(F)F. The highest BCUT2D eigenvalue weighted by molar-refractivity contribution is 6.30. The number of hydrogen-bond donors (Lipinski definition) is 0. The van der Waals surface area contributed by atoms with E-state index in [0.717, 1.165) is 17.2 Å². The first-order valence-corrected chi connectivity index (χ1v) is 5.43. The lowest BCUT2D eigenvalue weighted by Crippen LogP contribution is -2.36. The number of hydrogen-bond acceptors (Lipinski definition) is 2. The fourth-order valence-electron chi connectivity index (χ4n) is 1.22. The van der Waals surface area contributed by atoms with Gasteiger partial charge in [-0.1, -0.05) is 11.6 Å². The maximum absolute atomic E-state index is 13.4. The van der Waals surface area contributed by atoms with Crippen LogP contribution in [-0.2, 0) is 0 Å². The molecule has 0 radical (unpaired) electrons. The maximum Gasteiger partial charge on any atom is 0.405 e. The number of pyridine rings is 1. The van der Waals surface area contributed by atoms with Crippen LogP contribution in [0.25, 0.3) is 0 Å². The van der Waals surface area contributed by atoms with Gasteiger partial charge in [0.05, 0.1) is 5.02 Å². The number of aromatic nitrogens is 1. The molecule has 0 atom stereocenters. The molecular formula is C9H8Cl2F4N2. The number of anilines is 1. The molecular weight excluding hydrogens is 283 g/mol. The Kier molecular flexibility index (Phi) is 4.82. The summed E-state index contributed by atoms with van der Waals surface area (Å²) in [5.74, 6) is -1.39. The second-order valence-electron chi connectivity index (χ2n) is 3.18. The van der Waals surface area contributed by atoms with Crippen LogP contribution in [0.5, 0.6) is 0 Å². The van der Waals surface area contributed by atoms with E-state index in [1.165, 1.54) is 0 Å². The van der Waals surface area contributed by atoms with Crippen molar-refractivity contribution in [2.75, 3.05) is 23.9 Å². The molecule has 0 N–H and O–H groups in total. The van der Waals surface area contributed by atoms with Gasteiger partial charge in [-0.05, 0) is 6.07 Å². The van der Waals surface area contributed by atoms with Gasteiger partial charge < -0.3 is 4.90 Å². The molecule has 0 aliphatic carbocycles.